The smallest absolute Gasteiger partial charge is 0.284 e. The third-order valence-corrected chi connectivity index (χ3v) is 0.372. The van der Waals surface area contributed by atoms with E-state index < -0.39 is 5.97 Å². The van der Waals surface area contributed by atoms with Crippen molar-refractivity contribution in [3.8, 4) is 0 Å². The van der Waals surface area contributed by atoms with Gasteiger partial charge in [0.2, 0.25) is 0 Å². The Morgan fingerprint density at radius 3 is 1.70 bits per heavy atom. The molecule has 5 N–H and O–H groups in total. The van der Waals surface area contributed by atoms with Gasteiger partial charge in [0.1, 0.15) is 0 Å². The molecule has 0 aromatic rings. The minimum absolute atomic E-state index is 0. The van der Waals surface area contributed by atoms with Gasteiger partial charge in [0.15, 0.2) is 0 Å². The Morgan fingerprint density at radius 2 is 1.70 bits per heavy atom. The first-order valence-electron chi connectivity index (χ1n) is 1.52. The third kappa shape index (κ3) is 22.7. The summed E-state index contributed by atoms with van der Waals surface area (Å²) in [5, 5.41) is 0. The average molecular weight is 302 g/mol. The molecule has 0 bridgehead atoms. The van der Waals surface area contributed by atoms with Crippen LogP contribution in [0.15, 0.2) is 0 Å². The molecule has 0 spiro atoms. The molecule has 0 fully saturated rings. The molecule has 0 aromatic heterocycles. The van der Waals surface area contributed by atoms with Gasteiger partial charge in [-0.3, -0.25) is 4.79 Å². The molecule has 0 aliphatic rings. The average Bonchev–Trinajstić information content (AvgIpc) is 1.65. The second-order valence-electron chi connectivity index (χ2n) is 0.753. The number of ether oxygens (including phenoxy) is 1. The fourth-order valence-corrected chi connectivity index (χ4v) is 0.0722. The molecule has 10 heavy (non-hydrogen) atoms. The fourth-order valence-electron chi connectivity index (χ4n) is 0.0722. The number of esters is 1. The Kier molecular flexibility index (Phi) is 67.2. The van der Waals surface area contributed by atoms with Crippen LogP contribution >= 0.6 is 0 Å². The Balaban J connectivity index is -0.0000000208. The van der Waals surface area contributed by atoms with Gasteiger partial charge < -0.3 is 21.4 Å². The van der Waals surface area contributed by atoms with Gasteiger partial charge in [-0.2, -0.15) is 0 Å². The van der Waals surface area contributed by atoms with E-state index in [2.05, 4.69) is 4.74 Å². The van der Waals surface area contributed by atoms with Gasteiger partial charge in [-0.05, 0) is 6.54 Å². The van der Waals surface area contributed by atoms with Crippen LogP contribution in [-0.2, 0) is 74.9 Å². The molecule has 0 rings (SSSR count). The molecule has 0 saturated carbocycles. The number of hydrogen-bond acceptors (Lipinski definition) is 2. The van der Waals surface area contributed by atoms with E-state index in [4.69, 9.17) is 5.73 Å². The van der Waals surface area contributed by atoms with Crippen molar-refractivity contribution in [2.75, 3.05) is 13.7 Å². The summed E-state index contributed by atoms with van der Waals surface area (Å²) in [7, 11) is 1.26. The normalized spacial score (nSPS) is 4.60. The van der Waals surface area contributed by atoms with Crippen molar-refractivity contribution in [2.24, 2.45) is 0 Å². The maximum atomic E-state index is 9.77. The van der Waals surface area contributed by atoms with Gasteiger partial charge in [0.05, 0.1) is 7.11 Å². The van der Waals surface area contributed by atoms with E-state index in [9.17, 15) is 4.79 Å². The molecule has 5 nitrogen and oxygen atoms in total. The van der Waals surface area contributed by atoms with Crippen molar-refractivity contribution in [1.82, 2.24) is 0 Å². The first-order valence-corrected chi connectivity index (χ1v) is 1.52. The zero-order chi connectivity index (χ0) is 4.99. The predicted molar refractivity (Wildman–Crippen MR) is 28.4 cm³/mol. The van der Waals surface area contributed by atoms with Gasteiger partial charge >= 0.3 is 0 Å². The van der Waals surface area contributed by atoms with Crippen LogP contribution in [0.1, 0.15) is 0 Å². The van der Waals surface area contributed by atoms with E-state index >= 15 is 0 Å². The molecular formula is C3H10NO4Y2-. The van der Waals surface area contributed by atoms with Crippen LogP contribution in [0.5, 0.6) is 0 Å². The van der Waals surface area contributed by atoms with Crippen LogP contribution in [0.2, 0.25) is 0 Å². The first-order chi connectivity index (χ1) is 2.81. The van der Waals surface area contributed by atoms with Gasteiger partial charge in [-0.15, -0.1) is 0 Å². The van der Waals surface area contributed by atoms with E-state index in [1.54, 1.807) is 0 Å². The van der Waals surface area contributed by atoms with Crippen LogP contribution in [-0.4, -0.2) is 30.6 Å². The molecule has 0 atom stereocenters. The predicted octanol–water partition coefficient (Wildman–Crippen LogP) is -1.44. The van der Waals surface area contributed by atoms with E-state index in [-0.39, 0.29) is 82.9 Å². The number of hydrogen-bond donors (Lipinski definition) is 0. The minimum atomic E-state index is -0.491. The topological polar surface area (TPSA) is 113 Å². The van der Waals surface area contributed by atoms with Crippen LogP contribution in [0, 0.1) is 0 Å². The Hall–Kier alpha value is 1.56. The molecule has 0 heterocycles. The maximum absolute atomic E-state index is 9.77. The molecule has 0 amide bonds. The maximum Gasteiger partial charge on any atom is 0.284 e. The summed E-state index contributed by atoms with van der Waals surface area (Å²) in [4.78, 5) is 9.77. The quantitative estimate of drug-likeness (QED) is 0.552. The summed E-state index contributed by atoms with van der Waals surface area (Å²) in [6, 6.07) is 0. The Labute approximate surface area is 110 Å². The molecule has 0 saturated heterocycles. The first kappa shape index (κ1) is 30.0. The molecule has 0 aliphatic heterocycles. The van der Waals surface area contributed by atoms with E-state index in [1.807, 2.05) is 0 Å². The van der Waals surface area contributed by atoms with Crippen LogP contribution in [0.4, 0.5) is 0 Å². The summed E-state index contributed by atoms with van der Waals surface area (Å²) in [6.07, 6.45) is 0. The second kappa shape index (κ2) is 22.4. The van der Waals surface area contributed by atoms with Gasteiger partial charge in [-0.1, -0.05) is 0 Å². The van der Waals surface area contributed by atoms with Crippen molar-refractivity contribution in [3.05, 3.63) is 5.73 Å². The zero-order valence-electron chi connectivity index (χ0n) is 5.68. The van der Waals surface area contributed by atoms with Gasteiger partial charge in [0.25, 0.3) is 5.97 Å². The van der Waals surface area contributed by atoms with Crippen LogP contribution in [0.25, 0.3) is 5.73 Å². The number of carbonyl (C=O) groups excluding carboxylic acids is 1. The van der Waals surface area contributed by atoms with Crippen molar-refractivity contribution in [1.29, 1.82) is 0 Å². The Bertz CT molecular complexity index is 56.5. The SMILES string of the molecule is COC(=O)C[NH-].O.O.[Y].[Y]. The third-order valence-electron chi connectivity index (χ3n) is 0.372. The number of nitrogens with one attached hydrogen (secondary N) is 1. The van der Waals surface area contributed by atoms with E-state index in [0.29, 0.717) is 0 Å². The van der Waals surface area contributed by atoms with Gasteiger partial charge in [-0.25, -0.2) is 0 Å². The summed E-state index contributed by atoms with van der Waals surface area (Å²) < 4.78 is 4.07. The number of rotatable bonds is 1. The second-order valence-corrected chi connectivity index (χ2v) is 0.753. The number of methoxy groups -OCH3 is 1. The van der Waals surface area contributed by atoms with E-state index in [1.165, 1.54) is 7.11 Å². The van der Waals surface area contributed by atoms with E-state index in [0.717, 1.165) is 0 Å². The standard InChI is InChI=1S/C3H6NO2.2H2O.2Y/c1-6-3(5)2-4;;;;/h4H,2H2,1H3;2*1H2;;/q-1;;;;. The zero-order valence-corrected chi connectivity index (χ0v) is 11.4. The fraction of sp³-hybridized carbons (Fsp3) is 0.667. The molecule has 58 valence electrons. The molecule has 2 radical (unpaired) electrons. The van der Waals surface area contributed by atoms with Crippen molar-refractivity contribution >= 4 is 5.97 Å². The van der Waals surface area contributed by atoms with Crippen LogP contribution < -0.4 is 0 Å². The molecular weight excluding hydrogens is 292 g/mol. The summed E-state index contributed by atoms with van der Waals surface area (Å²) in [5.41, 5.74) is 6.33. The summed E-state index contributed by atoms with van der Waals surface area (Å²) >= 11 is 0. The molecule has 0 aromatic carbocycles. The summed E-state index contributed by atoms with van der Waals surface area (Å²) in [6.45, 7) is -0.281. The largest absolute Gasteiger partial charge is 0.668 e. The van der Waals surface area contributed by atoms with Crippen molar-refractivity contribution in [3.63, 3.8) is 0 Å². The van der Waals surface area contributed by atoms with Gasteiger partial charge in [0, 0.05) is 65.4 Å². The summed E-state index contributed by atoms with van der Waals surface area (Å²) in [5.74, 6) is -0.491. The molecule has 0 unspecified atom stereocenters. The van der Waals surface area contributed by atoms with Crippen molar-refractivity contribution in [2.45, 2.75) is 0 Å². The van der Waals surface area contributed by atoms with Crippen molar-refractivity contribution < 1.29 is 85.9 Å². The minimum Gasteiger partial charge on any atom is -0.668 e. The molecule has 0 aliphatic carbocycles. The molecule has 7 heteroatoms. The number of carbonyl (C=O) groups is 1. The monoisotopic (exact) mass is 302 g/mol. The van der Waals surface area contributed by atoms with Crippen LogP contribution in [0.3, 0.4) is 0 Å². The Morgan fingerprint density at radius 1 is 1.40 bits per heavy atom.